The van der Waals surface area contributed by atoms with E-state index in [1.54, 1.807) is 11.3 Å². The van der Waals surface area contributed by atoms with Crippen molar-refractivity contribution in [3.05, 3.63) is 43.8 Å². The summed E-state index contributed by atoms with van der Waals surface area (Å²) in [7, 11) is 0. The second-order valence-electron chi connectivity index (χ2n) is 3.67. The summed E-state index contributed by atoms with van der Waals surface area (Å²) in [5.74, 6) is 0. The number of aryl methyl sites for hydroxylation is 1. The summed E-state index contributed by atoms with van der Waals surface area (Å²) in [5.41, 5.74) is 7.99. The minimum atomic E-state index is 0.634. The maximum atomic E-state index is 6.08. The van der Waals surface area contributed by atoms with Gasteiger partial charge >= 0.3 is 0 Å². The summed E-state index contributed by atoms with van der Waals surface area (Å²) in [6.07, 6.45) is 1.72. The van der Waals surface area contributed by atoms with Gasteiger partial charge in [-0.3, -0.25) is 0 Å². The SMILES string of the molecule is CCc1nc(N)sc1Cc1cccc(Cl)c1Br. The number of aromatic nitrogens is 1. The van der Waals surface area contributed by atoms with Crippen LogP contribution in [-0.4, -0.2) is 4.98 Å². The third-order valence-corrected chi connectivity index (χ3v) is 4.92. The second kappa shape index (κ2) is 5.38. The van der Waals surface area contributed by atoms with Crippen molar-refractivity contribution in [3.63, 3.8) is 0 Å². The zero-order valence-electron chi connectivity index (χ0n) is 9.34. The lowest BCUT2D eigenvalue weighted by atomic mass is 10.1. The molecule has 1 aromatic carbocycles. The minimum absolute atomic E-state index is 0.634. The average Bonchev–Trinajstić information content (AvgIpc) is 2.65. The molecule has 2 nitrogen and oxygen atoms in total. The molecule has 90 valence electrons. The van der Waals surface area contributed by atoms with Gasteiger partial charge in [0.1, 0.15) is 0 Å². The number of halogens is 2. The summed E-state index contributed by atoms with van der Waals surface area (Å²) >= 11 is 11.1. The number of nitrogen functional groups attached to an aromatic ring is 1. The fraction of sp³-hybridized carbons (Fsp3) is 0.250. The number of anilines is 1. The van der Waals surface area contributed by atoms with E-state index in [9.17, 15) is 0 Å². The van der Waals surface area contributed by atoms with E-state index in [1.807, 2.05) is 12.1 Å². The Morgan fingerprint density at radius 1 is 1.47 bits per heavy atom. The lowest BCUT2D eigenvalue weighted by Gasteiger charge is -2.05. The van der Waals surface area contributed by atoms with Gasteiger partial charge in [0, 0.05) is 15.8 Å². The Balaban J connectivity index is 2.34. The monoisotopic (exact) mass is 330 g/mol. The Morgan fingerprint density at radius 3 is 2.94 bits per heavy atom. The van der Waals surface area contributed by atoms with E-state index >= 15 is 0 Å². The first-order valence-electron chi connectivity index (χ1n) is 5.28. The predicted octanol–water partition coefficient (Wildman–Crippen LogP) is 4.29. The van der Waals surface area contributed by atoms with E-state index in [4.69, 9.17) is 17.3 Å². The van der Waals surface area contributed by atoms with E-state index in [2.05, 4.69) is 33.9 Å². The molecule has 2 rings (SSSR count). The van der Waals surface area contributed by atoms with Crippen molar-refractivity contribution in [2.75, 3.05) is 5.73 Å². The third kappa shape index (κ3) is 2.81. The second-order valence-corrected chi connectivity index (χ2v) is 5.98. The van der Waals surface area contributed by atoms with Crippen LogP contribution in [0.15, 0.2) is 22.7 Å². The maximum absolute atomic E-state index is 6.08. The first kappa shape index (κ1) is 12.9. The normalized spacial score (nSPS) is 10.8. The van der Waals surface area contributed by atoms with Gasteiger partial charge in [0.05, 0.1) is 10.7 Å². The minimum Gasteiger partial charge on any atom is -0.375 e. The molecule has 0 bridgehead atoms. The Kier molecular flexibility index (Phi) is 4.07. The molecular weight excluding hydrogens is 320 g/mol. The lowest BCUT2D eigenvalue weighted by molar-refractivity contribution is 1.02. The van der Waals surface area contributed by atoms with Crippen molar-refractivity contribution in [1.82, 2.24) is 4.98 Å². The number of nitrogens with zero attached hydrogens (tertiary/aromatic N) is 1. The fourth-order valence-electron chi connectivity index (χ4n) is 1.68. The van der Waals surface area contributed by atoms with E-state index in [-0.39, 0.29) is 0 Å². The van der Waals surface area contributed by atoms with Crippen LogP contribution in [0.5, 0.6) is 0 Å². The summed E-state index contributed by atoms with van der Waals surface area (Å²) in [4.78, 5) is 5.54. The van der Waals surface area contributed by atoms with Gasteiger partial charge in [-0.15, -0.1) is 11.3 Å². The topological polar surface area (TPSA) is 38.9 Å². The van der Waals surface area contributed by atoms with Crippen LogP contribution >= 0.6 is 38.9 Å². The molecule has 0 saturated carbocycles. The summed E-state index contributed by atoms with van der Waals surface area (Å²) < 4.78 is 0.954. The molecule has 1 heterocycles. The molecule has 0 aliphatic carbocycles. The van der Waals surface area contributed by atoms with Crippen LogP contribution in [0.3, 0.4) is 0 Å². The van der Waals surface area contributed by atoms with Gasteiger partial charge in [0.25, 0.3) is 0 Å². The average molecular weight is 332 g/mol. The van der Waals surface area contributed by atoms with Gasteiger partial charge in [0.15, 0.2) is 5.13 Å². The molecule has 0 unspecified atom stereocenters. The molecular formula is C12H12BrClN2S. The van der Waals surface area contributed by atoms with Crippen LogP contribution < -0.4 is 5.73 Å². The molecule has 0 atom stereocenters. The zero-order chi connectivity index (χ0) is 12.4. The smallest absolute Gasteiger partial charge is 0.180 e. The van der Waals surface area contributed by atoms with Crippen molar-refractivity contribution in [2.24, 2.45) is 0 Å². The fourth-order valence-corrected chi connectivity index (χ4v) is 3.22. The zero-order valence-corrected chi connectivity index (χ0v) is 12.5. The molecule has 0 radical (unpaired) electrons. The maximum Gasteiger partial charge on any atom is 0.180 e. The lowest BCUT2D eigenvalue weighted by Crippen LogP contribution is -1.92. The number of hydrogen-bond donors (Lipinski definition) is 1. The highest BCUT2D eigenvalue weighted by atomic mass is 79.9. The summed E-state index contributed by atoms with van der Waals surface area (Å²) in [5, 5.41) is 1.37. The van der Waals surface area contributed by atoms with Crippen LogP contribution in [0, 0.1) is 0 Å². The number of thiazole rings is 1. The molecule has 0 aliphatic heterocycles. The van der Waals surface area contributed by atoms with E-state index in [0.29, 0.717) is 5.13 Å². The predicted molar refractivity (Wildman–Crippen MR) is 77.9 cm³/mol. The van der Waals surface area contributed by atoms with E-state index in [0.717, 1.165) is 33.6 Å². The van der Waals surface area contributed by atoms with Gasteiger partial charge in [-0.1, -0.05) is 30.7 Å². The molecule has 5 heteroatoms. The molecule has 2 aromatic rings. The van der Waals surface area contributed by atoms with Crippen molar-refractivity contribution < 1.29 is 0 Å². The highest BCUT2D eigenvalue weighted by Crippen LogP contribution is 2.31. The van der Waals surface area contributed by atoms with Crippen LogP contribution in [-0.2, 0) is 12.8 Å². The highest BCUT2D eigenvalue weighted by Gasteiger charge is 2.11. The van der Waals surface area contributed by atoms with E-state index in [1.165, 1.54) is 4.88 Å². The molecule has 0 amide bonds. The van der Waals surface area contributed by atoms with Crippen LogP contribution in [0.2, 0.25) is 5.02 Å². The molecule has 17 heavy (non-hydrogen) atoms. The van der Waals surface area contributed by atoms with Gasteiger partial charge in [-0.2, -0.15) is 0 Å². The van der Waals surface area contributed by atoms with Crippen molar-refractivity contribution in [1.29, 1.82) is 0 Å². The Hall–Kier alpha value is -0.580. The van der Waals surface area contributed by atoms with Crippen LogP contribution in [0.25, 0.3) is 0 Å². The number of rotatable bonds is 3. The Bertz CT molecular complexity index is 539. The van der Waals surface area contributed by atoms with Crippen molar-refractivity contribution in [3.8, 4) is 0 Å². The highest BCUT2D eigenvalue weighted by molar-refractivity contribution is 9.10. The van der Waals surface area contributed by atoms with Crippen molar-refractivity contribution in [2.45, 2.75) is 19.8 Å². The van der Waals surface area contributed by atoms with E-state index < -0.39 is 0 Å². The van der Waals surface area contributed by atoms with Crippen molar-refractivity contribution >= 4 is 44.0 Å². The van der Waals surface area contributed by atoms with Gasteiger partial charge in [0.2, 0.25) is 0 Å². The van der Waals surface area contributed by atoms with Gasteiger partial charge in [-0.05, 0) is 34.0 Å². The molecule has 2 N–H and O–H groups in total. The molecule has 0 spiro atoms. The Morgan fingerprint density at radius 2 is 2.24 bits per heavy atom. The summed E-state index contributed by atoms with van der Waals surface area (Å²) in [6, 6.07) is 5.89. The number of nitrogens with two attached hydrogens (primary N) is 1. The number of hydrogen-bond acceptors (Lipinski definition) is 3. The quantitative estimate of drug-likeness (QED) is 0.911. The standard InChI is InChI=1S/C12H12BrClN2S/c1-2-9-10(17-12(15)16-9)6-7-4-3-5-8(14)11(7)13/h3-5H,2,6H2,1H3,(H2,15,16). The Labute approximate surface area is 118 Å². The first-order chi connectivity index (χ1) is 8.11. The molecule has 1 aromatic heterocycles. The van der Waals surface area contributed by atoms with Crippen LogP contribution in [0.4, 0.5) is 5.13 Å². The third-order valence-electron chi connectivity index (χ3n) is 2.51. The largest absolute Gasteiger partial charge is 0.375 e. The van der Waals surface area contributed by atoms with Gasteiger partial charge < -0.3 is 5.73 Å². The van der Waals surface area contributed by atoms with Crippen LogP contribution in [0.1, 0.15) is 23.1 Å². The molecule has 0 aliphatic rings. The first-order valence-corrected chi connectivity index (χ1v) is 7.27. The molecule has 0 fully saturated rings. The van der Waals surface area contributed by atoms with Gasteiger partial charge in [-0.25, -0.2) is 4.98 Å². The number of benzene rings is 1. The molecule has 0 saturated heterocycles. The summed E-state index contributed by atoms with van der Waals surface area (Å²) in [6.45, 7) is 2.09.